The molecule has 1 aliphatic rings. The van der Waals surface area contributed by atoms with Crippen molar-refractivity contribution in [1.82, 2.24) is 9.62 Å². The number of halogens is 2. The number of rotatable bonds is 1. The number of benzene rings is 1. The largest absolute Gasteiger partial charge is 0.465 e. The van der Waals surface area contributed by atoms with Crippen LogP contribution < -0.4 is 5.32 Å². The van der Waals surface area contributed by atoms with Gasteiger partial charge in [-0.1, -0.05) is 15.9 Å². The van der Waals surface area contributed by atoms with E-state index in [4.69, 9.17) is 5.11 Å². The van der Waals surface area contributed by atoms with Crippen LogP contribution in [-0.2, 0) is 15.6 Å². The minimum atomic E-state index is -3.85. The molecule has 1 aromatic carbocycles. The molecule has 1 aliphatic heterocycles. The first-order valence-electron chi connectivity index (χ1n) is 6.07. The molecule has 0 spiro atoms. The number of amides is 1. The first kappa shape index (κ1) is 16.7. The van der Waals surface area contributed by atoms with Crippen molar-refractivity contribution in [2.45, 2.75) is 12.5 Å². The number of carboxylic acid groups (broad SMARTS) is 1. The van der Waals surface area contributed by atoms with Crippen LogP contribution in [0.15, 0.2) is 27.7 Å². The van der Waals surface area contributed by atoms with Gasteiger partial charge in [-0.2, -0.15) is 0 Å². The molecule has 0 radical (unpaired) electrons. The van der Waals surface area contributed by atoms with E-state index in [1.807, 2.05) is 5.32 Å². The van der Waals surface area contributed by atoms with Gasteiger partial charge in [0.05, 0.1) is 5.75 Å². The van der Waals surface area contributed by atoms with Crippen LogP contribution in [0.4, 0.5) is 9.18 Å². The molecule has 1 heterocycles. The summed E-state index contributed by atoms with van der Waals surface area (Å²) in [5.74, 6) is -1.47. The number of guanidine groups is 1. The fourth-order valence-corrected chi connectivity index (χ4v) is 4.01. The van der Waals surface area contributed by atoms with Crippen molar-refractivity contribution in [2.24, 2.45) is 4.99 Å². The van der Waals surface area contributed by atoms with E-state index >= 15 is 0 Å². The molecule has 2 N–H and O–H groups in total. The summed E-state index contributed by atoms with van der Waals surface area (Å²) in [6.45, 7) is 1.44. The maximum Gasteiger partial charge on any atom is 0.411 e. The molecular weight excluding hydrogens is 381 g/mol. The Hall–Kier alpha value is -1.68. The smallest absolute Gasteiger partial charge is 0.411 e. The summed E-state index contributed by atoms with van der Waals surface area (Å²) in [5, 5.41) is 10.7. The Balaban J connectivity index is 2.64. The van der Waals surface area contributed by atoms with Crippen molar-refractivity contribution < 1.29 is 22.7 Å². The van der Waals surface area contributed by atoms with Crippen molar-refractivity contribution in [3.8, 4) is 0 Å². The normalized spacial score (nSPS) is 23.8. The molecule has 0 saturated carbocycles. The van der Waals surface area contributed by atoms with Crippen molar-refractivity contribution in [3.05, 3.63) is 34.1 Å². The zero-order chi connectivity index (χ0) is 16.7. The molecule has 0 aliphatic carbocycles. The monoisotopic (exact) mass is 393 g/mol. The zero-order valence-electron chi connectivity index (χ0n) is 11.7. The maximum absolute atomic E-state index is 14.1. The van der Waals surface area contributed by atoms with Gasteiger partial charge in [0.25, 0.3) is 0 Å². The summed E-state index contributed by atoms with van der Waals surface area (Å²) in [6.07, 6.45) is -1.46. The fraction of sp³-hybridized carbons (Fsp3) is 0.333. The Kier molecular flexibility index (Phi) is 4.18. The molecule has 1 atom stereocenters. The van der Waals surface area contributed by atoms with E-state index in [2.05, 4.69) is 20.9 Å². The van der Waals surface area contributed by atoms with Gasteiger partial charge < -0.3 is 5.11 Å². The molecular formula is C12H13BrFN3O4S. The molecule has 1 unspecified atom stereocenters. The molecule has 1 aromatic rings. The summed E-state index contributed by atoms with van der Waals surface area (Å²) in [5.41, 5.74) is -1.39. The van der Waals surface area contributed by atoms with Gasteiger partial charge in [0.2, 0.25) is 16.0 Å². The van der Waals surface area contributed by atoms with Crippen molar-refractivity contribution >= 4 is 38.0 Å². The number of hydrogen-bond donors (Lipinski definition) is 2. The van der Waals surface area contributed by atoms with E-state index in [9.17, 15) is 17.6 Å². The van der Waals surface area contributed by atoms with E-state index in [0.29, 0.717) is 4.47 Å². The van der Waals surface area contributed by atoms with Gasteiger partial charge in [-0.25, -0.2) is 26.9 Å². The molecule has 7 nitrogen and oxygen atoms in total. The summed E-state index contributed by atoms with van der Waals surface area (Å²) in [6, 6.07) is 4.10. The van der Waals surface area contributed by atoms with Crippen LogP contribution in [0.1, 0.15) is 12.5 Å². The SMILES string of the molecule is CN1C(NC(=O)O)=NC(C)(c2cc(Br)ccc2F)CS1(=O)=O. The van der Waals surface area contributed by atoms with Gasteiger partial charge in [0, 0.05) is 17.1 Å². The molecule has 10 heteroatoms. The maximum atomic E-state index is 14.1. The lowest BCUT2D eigenvalue weighted by atomic mass is 9.94. The van der Waals surface area contributed by atoms with Gasteiger partial charge in [-0.05, 0) is 25.1 Å². The van der Waals surface area contributed by atoms with Crippen LogP contribution in [0, 0.1) is 5.82 Å². The van der Waals surface area contributed by atoms with Crippen LogP contribution in [0.3, 0.4) is 0 Å². The van der Waals surface area contributed by atoms with Crippen LogP contribution in [0.5, 0.6) is 0 Å². The molecule has 1 amide bonds. The third-order valence-electron chi connectivity index (χ3n) is 3.26. The minimum Gasteiger partial charge on any atom is -0.465 e. The van der Waals surface area contributed by atoms with Gasteiger partial charge in [-0.3, -0.25) is 5.32 Å². The highest BCUT2D eigenvalue weighted by molar-refractivity contribution is 9.10. The second kappa shape index (κ2) is 5.51. The van der Waals surface area contributed by atoms with E-state index < -0.39 is 33.2 Å². The van der Waals surface area contributed by atoms with Crippen LogP contribution in [-0.4, -0.2) is 42.7 Å². The average Bonchev–Trinajstić information content (AvgIpc) is 2.37. The Morgan fingerprint density at radius 1 is 1.55 bits per heavy atom. The predicted octanol–water partition coefficient (Wildman–Crippen LogP) is 1.70. The molecule has 0 fully saturated rings. The fourth-order valence-electron chi connectivity index (χ4n) is 2.17. The average molecular weight is 394 g/mol. The minimum absolute atomic E-state index is 0.0586. The Morgan fingerprint density at radius 3 is 2.77 bits per heavy atom. The highest BCUT2D eigenvalue weighted by Crippen LogP contribution is 2.34. The lowest BCUT2D eigenvalue weighted by Crippen LogP contribution is -2.53. The Morgan fingerprint density at radius 2 is 2.18 bits per heavy atom. The van der Waals surface area contributed by atoms with Gasteiger partial charge in [0.1, 0.15) is 11.4 Å². The number of nitrogens with one attached hydrogen (secondary N) is 1. The summed E-state index contributed by atoms with van der Waals surface area (Å²) in [7, 11) is -2.67. The summed E-state index contributed by atoms with van der Waals surface area (Å²) >= 11 is 3.20. The van der Waals surface area contributed by atoms with E-state index in [0.717, 1.165) is 4.31 Å². The van der Waals surface area contributed by atoms with E-state index in [-0.39, 0.29) is 11.5 Å². The standard InChI is InChI=1S/C12H13BrFN3O4S/c1-12(8-5-7(13)3-4-9(8)14)6-22(20,21)17(2)10(16-12)15-11(18)19/h3-5H,6H2,1-2H3,(H,15,16)(H,18,19). The van der Waals surface area contributed by atoms with Crippen LogP contribution in [0.2, 0.25) is 0 Å². The van der Waals surface area contributed by atoms with Crippen molar-refractivity contribution in [3.63, 3.8) is 0 Å². The molecule has 22 heavy (non-hydrogen) atoms. The van der Waals surface area contributed by atoms with Gasteiger partial charge in [-0.15, -0.1) is 0 Å². The highest BCUT2D eigenvalue weighted by atomic mass is 79.9. The number of carbonyl (C=O) groups is 1. The van der Waals surface area contributed by atoms with E-state index in [1.165, 1.54) is 32.2 Å². The quantitative estimate of drug-likeness (QED) is 0.758. The third-order valence-corrected chi connectivity index (χ3v) is 5.69. The topological polar surface area (TPSA) is 99.1 Å². The number of hydrogen-bond acceptors (Lipinski definition) is 4. The zero-order valence-corrected chi connectivity index (χ0v) is 14.1. The van der Waals surface area contributed by atoms with E-state index in [1.54, 1.807) is 0 Å². The first-order valence-corrected chi connectivity index (χ1v) is 8.47. The highest BCUT2D eigenvalue weighted by Gasteiger charge is 2.42. The number of aliphatic imine (C=N–C) groups is 1. The number of sulfonamides is 1. The second-order valence-corrected chi connectivity index (χ2v) is 7.90. The third kappa shape index (κ3) is 3.07. The predicted molar refractivity (Wildman–Crippen MR) is 81.6 cm³/mol. The molecule has 0 bridgehead atoms. The first-order chi connectivity index (χ1) is 10.0. The van der Waals surface area contributed by atoms with Gasteiger partial charge in [0.15, 0.2) is 0 Å². The lowest BCUT2D eigenvalue weighted by molar-refractivity contribution is 0.199. The Labute approximate surface area is 135 Å². The van der Waals surface area contributed by atoms with Gasteiger partial charge >= 0.3 is 6.09 Å². The van der Waals surface area contributed by atoms with Crippen LogP contribution in [0.25, 0.3) is 0 Å². The summed E-state index contributed by atoms with van der Waals surface area (Å²) < 4.78 is 39.9. The molecule has 0 saturated heterocycles. The molecule has 2 rings (SSSR count). The second-order valence-electron chi connectivity index (χ2n) is 4.99. The van der Waals surface area contributed by atoms with Crippen LogP contribution >= 0.6 is 15.9 Å². The molecule has 0 aromatic heterocycles. The molecule has 120 valence electrons. The Bertz CT molecular complexity index is 768. The van der Waals surface area contributed by atoms with Crippen molar-refractivity contribution in [1.29, 1.82) is 0 Å². The lowest BCUT2D eigenvalue weighted by Gasteiger charge is -2.35. The van der Waals surface area contributed by atoms with Crippen molar-refractivity contribution in [2.75, 3.05) is 12.8 Å². The summed E-state index contributed by atoms with van der Waals surface area (Å²) in [4.78, 5) is 14.9. The number of nitrogens with zero attached hydrogens (tertiary/aromatic N) is 2.